The first kappa shape index (κ1) is 8.34. The Balaban J connectivity index is 2.58. The SMILES string of the molecule is N#C/C(Cl)=C1\CCc2ccccc21. The molecule has 0 atom stereocenters. The molecule has 0 saturated carbocycles. The zero-order valence-corrected chi connectivity index (χ0v) is 7.80. The topological polar surface area (TPSA) is 23.8 Å². The summed E-state index contributed by atoms with van der Waals surface area (Å²) < 4.78 is 0. The van der Waals surface area contributed by atoms with Crippen LogP contribution in [0.25, 0.3) is 5.57 Å². The average molecular weight is 190 g/mol. The third kappa shape index (κ3) is 1.34. The van der Waals surface area contributed by atoms with E-state index in [1.54, 1.807) is 0 Å². The summed E-state index contributed by atoms with van der Waals surface area (Å²) in [7, 11) is 0. The monoisotopic (exact) mass is 189 g/mol. The van der Waals surface area contributed by atoms with E-state index in [0.29, 0.717) is 5.03 Å². The standard InChI is InChI=1S/C11H8ClN/c12-11(7-13)10-6-5-8-3-1-2-4-9(8)10/h1-4H,5-6H2/b11-10-. The van der Waals surface area contributed by atoms with Gasteiger partial charge in [-0.2, -0.15) is 5.26 Å². The molecule has 1 aliphatic rings. The molecule has 0 aliphatic heterocycles. The van der Waals surface area contributed by atoms with Crippen molar-refractivity contribution in [1.29, 1.82) is 5.26 Å². The molecule has 0 N–H and O–H groups in total. The Labute approximate surface area is 82.3 Å². The van der Waals surface area contributed by atoms with Gasteiger partial charge >= 0.3 is 0 Å². The highest BCUT2D eigenvalue weighted by atomic mass is 35.5. The zero-order valence-electron chi connectivity index (χ0n) is 7.05. The van der Waals surface area contributed by atoms with Crippen LogP contribution in [0.5, 0.6) is 0 Å². The van der Waals surface area contributed by atoms with Crippen molar-refractivity contribution in [3.05, 3.63) is 40.4 Å². The minimum atomic E-state index is 0.338. The minimum absolute atomic E-state index is 0.338. The van der Waals surface area contributed by atoms with Crippen LogP contribution in [-0.2, 0) is 6.42 Å². The van der Waals surface area contributed by atoms with Crippen molar-refractivity contribution >= 4 is 17.2 Å². The van der Waals surface area contributed by atoms with Gasteiger partial charge in [0.05, 0.1) is 0 Å². The number of halogens is 1. The van der Waals surface area contributed by atoms with Gasteiger partial charge in [-0.15, -0.1) is 0 Å². The smallest absolute Gasteiger partial charge is 0.122 e. The van der Waals surface area contributed by atoms with Gasteiger partial charge in [0.1, 0.15) is 11.1 Å². The predicted octanol–water partition coefficient (Wildman–Crippen LogP) is 3.11. The Hall–Kier alpha value is -1.26. The molecule has 2 rings (SSSR count). The predicted molar refractivity (Wildman–Crippen MR) is 53.1 cm³/mol. The van der Waals surface area contributed by atoms with E-state index in [4.69, 9.17) is 16.9 Å². The van der Waals surface area contributed by atoms with Crippen LogP contribution in [0.3, 0.4) is 0 Å². The molecule has 64 valence electrons. The third-order valence-corrected chi connectivity index (χ3v) is 2.66. The molecule has 2 heteroatoms. The summed E-state index contributed by atoms with van der Waals surface area (Å²) in [6.07, 6.45) is 1.90. The largest absolute Gasteiger partial charge is 0.191 e. The van der Waals surface area contributed by atoms with Gasteiger partial charge in [0.2, 0.25) is 0 Å². The molecule has 13 heavy (non-hydrogen) atoms. The molecule has 1 aromatic carbocycles. The lowest BCUT2D eigenvalue weighted by Gasteiger charge is -1.98. The van der Waals surface area contributed by atoms with Crippen LogP contribution in [0.1, 0.15) is 17.5 Å². The number of rotatable bonds is 0. The number of fused-ring (bicyclic) bond motifs is 1. The lowest BCUT2D eigenvalue weighted by atomic mass is 10.1. The van der Waals surface area contributed by atoms with Crippen molar-refractivity contribution in [3.8, 4) is 6.07 Å². The second-order valence-corrected chi connectivity index (χ2v) is 3.44. The lowest BCUT2D eigenvalue weighted by molar-refractivity contribution is 1.08. The first-order chi connectivity index (χ1) is 6.33. The van der Waals surface area contributed by atoms with Gasteiger partial charge in [0.15, 0.2) is 0 Å². The second kappa shape index (κ2) is 3.24. The fourth-order valence-electron chi connectivity index (χ4n) is 1.72. The van der Waals surface area contributed by atoms with Crippen LogP contribution in [0, 0.1) is 11.3 Å². The Morgan fingerprint density at radius 3 is 2.85 bits per heavy atom. The summed E-state index contributed by atoms with van der Waals surface area (Å²) in [6, 6.07) is 10.1. The summed E-state index contributed by atoms with van der Waals surface area (Å²) in [5, 5.41) is 9.02. The van der Waals surface area contributed by atoms with Gasteiger partial charge in [-0.05, 0) is 29.5 Å². The number of allylic oxidation sites excluding steroid dienone is 2. The maximum absolute atomic E-state index is 8.68. The lowest BCUT2D eigenvalue weighted by Crippen LogP contribution is -1.80. The van der Waals surface area contributed by atoms with E-state index < -0.39 is 0 Å². The number of nitrogens with zero attached hydrogens (tertiary/aromatic N) is 1. The number of aryl methyl sites for hydroxylation is 1. The number of benzene rings is 1. The van der Waals surface area contributed by atoms with E-state index in [-0.39, 0.29) is 0 Å². The molecule has 1 nitrogen and oxygen atoms in total. The van der Waals surface area contributed by atoms with Gasteiger partial charge in [0, 0.05) is 0 Å². The molecule has 0 aromatic heterocycles. The van der Waals surface area contributed by atoms with Crippen molar-refractivity contribution in [2.75, 3.05) is 0 Å². The number of nitriles is 1. The van der Waals surface area contributed by atoms with E-state index in [2.05, 4.69) is 6.07 Å². The fraction of sp³-hybridized carbons (Fsp3) is 0.182. The van der Waals surface area contributed by atoms with Gasteiger partial charge in [-0.1, -0.05) is 35.9 Å². The van der Waals surface area contributed by atoms with E-state index in [1.807, 2.05) is 24.3 Å². The molecule has 1 aromatic rings. The number of hydrogen-bond donors (Lipinski definition) is 0. The zero-order chi connectivity index (χ0) is 9.26. The highest BCUT2D eigenvalue weighted by Gasteiger charge is 2.17. The molecule has 0 amide bonds. The highest BCUT2D eigenvalue weighted by molar-refractivity contribution is 6.35. The van der Waals surface area contributed by atoms with Crippen molar-refractivity contribution in [3.63, 3.8) is 0 Å². The minimum Gasteiger partial charge on any atom is -0.191 e. The molecule has 0 saturated heterocycles. The van der Waals surface area contributed by atoms with Crippen molar-refractivity contribution in [1.82, 2.24) is 0 Å². The van der Waals surface area contributed by atoms with Crippen molar-refractivity contribution < 1.29 is 0 Å². The molecule has 0 heterocycles. The van der Waals surface area contributed by atoms with Crippen LogP contribution in [0.2, 0.25) is 0 Å². The van der Waals surface area contributed by atoms with Gasteiger partial charge < -0.3 is 0 Å². The Morgan fingerprint density at radius 1 is 1.31 bits per heavy atom. The highest BCUT2D eigenvalue weighted by Crippen LogP contribution is 2.34. The van der Waals surface area contributed by atoms with Gasteiger partial charge in [-0.3, -0.25) is 0 Å². The Morgan fingerprint density at radius 2 is 2.08 bits per heavy atom. The molecule has 0 radical (unpaired) electrons. The van der Waals surface area contributed by atoms with E-state index in [0.717, 1.165) is 24.0 Å². The molecular formula is C11H8ClN. The molecule has 0 fully saturated rings. The number of hydrogen-bond acceptors (Lipinski definition) is 1. The first-order valence-corrected chi connectivity index (χ1v) is 4.58. The van der Waals surface area contributed by atoms with Crippen LogP contribution in [0.4, 0.5) is 0 Å². The first-order valence-electron chi connectivity index (χ1n) is 4.20. The molecule has 1 aliphatic carbocycles. The van der Waals surface area contributed by atoms with Crippen LogP contribution in [0.15, 0.2) is 29.3 Å². The summed E-state index contributed by atoms with van der Waals surface area (Å²) in [6.45, 7) is 0. The van der Waals surface area contributed by atoms with Crippen molar-refractivity contribution in [2.24, 2.45) is 0 Å². The van der Waals surface area contributed by atoms with Gasteiger partial charge in [0.25, 0.3) is 0 Å². The van der Waals surface area contributed by atoms with Crippen LogP contribution in [-0.4, -0.2) is 0 Å². The normalized spacial score (nSPS) is 17.8. The molecule has 0 unspecified atom stereocenters. The Kier molecular flexibility index (Phi) is 2.08. The summed E-state index contributed by atoms with van der Waals surface area (Å²) >= 11 is 5.82. The molecule has 0 spiro atoms. The summed E-state index contributed by atoms with van der Waals surface area (Å²) in [5.74, 6) is 0. The molecule has 0 bridgehead atoms. The quantitative estimate of drug-likeness (QED) is 0.576. The third-order valence-electron chi connectivity index (χ3n) is 2.35. The average Bonchev–Trinajstić information content (AvgIpc) is 2.60. The van der Waals surface area contributed by atoms with E-state index in [9.17, 15) is 0 Å². The van der Waals surface area contributed by atoms with Crippen LogP contribution >= 0.6 is 11.6 Å². The summed E-state index contributed by atoms with van der Waals surface area (Å²) in [5.41, 5.74) is 3.44. The van der Waals surface area contributed by atoms with Crippen molar-refractivity contribution in [2.45, 2.75) is 12.8 Å². The fourth-order valence-corrected chi connectivity index (χ4v) is 1.92. The van der Waals surface area contributed by atoms with E-state index >= 15 is 0 Å². The van der Waals surface area contributed by atoms with Gasteiger partial charge in [-0.25, -0.2) is 0 Å². The maximum Gasteiger partial charge on any atom is 0.122 e. The maximum atomic E-state index is 8.68. The molecular weight excluding hydrogens is 182 g/mol. The Bertz CT molecular complexity index is 412. The second-order valence-electron chi connectivity index (χ2n) is 3.06. The van der Waals surface area contributed by atoms with Crippen LogP contribution < -0.4 is 0 Å². The summed E-state index contributed by atoms with van der Waals surface area (Å²) in [4.78, 5) is 0. The van der Waals surface area contributed by atoms with E-state index in [1.165, 1.54) is 5.56 Å².